The first-order chi connectivity index (χ1) is 8.36. The molecule has 0 aromatic rings. The molecule has 1 fully saturated rings. The summed E-state index contributed by atoms with van der Waals surface area (Å²) in [7, 11) is 0. The molecule has 3 heteroatoms. The van der Waals surface area contributed by atoms with E-state index >= 15 is 0 Å². The molecule has 1 saturated carbocycles. The average molecular weight is 250 g/mol. The van der Waals surface area contributed by atoms with Crippen LogP contribution in [0.3, 0.4) is 0 Å². The smallest absolute Gasteiger partial charge is 0.334 e. The van der Waals surface area contributed by atoms with Crippen molar-refractivity contribution in [3.63, 3.8) is 0 Å². The van der Waals surface area contributed by atoms with Crippen LogP contribution in [0.1, 0.15) is 46.5 Å². The summed E-state index contributed by atoms with van der Waals surface area (Å²) in [6, 6.07) is 0. The zero-order chi connectivity index (χ0) is 13.1. The lowest BCUT2D eigenvalue weighted by atomic mass is 9.49. The molecule has 1 heterocycles. The van der Waals surface area contributed by atoms with Crippen LogP contribution in [0, 0.1) is 16.7 Å². The van der Waals surface area contributed by atoms with Gasteiger partial charge in [-0.25, -0.2) is 4.79 Å². The Labute approximate surface area is 108 Å². The molecule has 18 heavy (non-hydrogen) atoms. The zero-order valence-electron chi connectivity index (χ0n) is 11.5. The Morgan fingerprint density at radius 3 is 2.72 bits per heavy atom. The van der Waals surface area contributed by atoms with Crippen LogP contribution in [-0.2, 0) is 9.53 Å². The number of aliphatic hydroxyl groups excluding tert-OH is 1. The topological polar surface area (TPSA) is 46.5 Å². The third-order valence-electron chi connectivity index (χ3n) is 5.39. The second kappa shape index (κ2) is 3.60. The summed E-state index contributed by atoms with van der Waals surface area (Å²) < 4.78 is 5.21. The lowest BCUT2D eigenvalue weighted by Crippen LogP contribution is -2.52. The Bertz CT molecular complexity index is 435. The van der Waals surface area contributed by atoms with Crippen molar-refractivity contribution >= 4 is 5.97 Å². The number of carbonyl (C=O) groups is 1. The molecule has 0 aromatic carbocycles. The lowest BCUT2D eigenvalue weighted by molar-refractivity contribution is -0.139. The van der Waals surface area contributed by atoms with Gasteiger partial charge in [0.15, 0.2) is 0 Å². The van der Waals surface area contributed by atoms with Crippen molar-refractivity contribution in [2.75, 3.05) is 6.61 Å². The fourth-order valence-corrected chi connectivity index (χ4v) is 4.92. The molecule has 3 rings (SSSR count). The highest BCUT2D eigenvalue weighted by atomic mass is 16.5. The van der Waals surface area contributed by atoms with Crippen molar-refractivity contribution in [1.29, 1.82) is 0 Å². The number of esters is 1. The maximum atomic E-state index is 12.0. The molecule has 0 spiro atoms. The quantitative estimate of drug-likeness (QED) is 0.672. The van der Waals surface area contributed by atoms with E-state index in [1.54, 1.807) is 0 Å². The van der Waals surface area contributed by atoms with Crippen molar-refractivity contribution in [2.24, 2.45) is 16.7 Å². The average Bonchev–Trinajstić information content (AvgIpc) is 2.58. The molecule has 2 aliphatic carbocycles. The van der Waals surface area contributed by atoms with Gasteiger partial charge in [-0.2, -0.15) is 0 Å². The van der Waals surface area contributed by atoms with E-state index in [0.717, 1.165) is 30.4 Å². The molecular formula is C15H22O3. The molecule has 0 radical (unpaired) electrons. The fraction of sp³-hybridized carbons (Fsp3) is 0.800. The standard InChI is InChI=1S/C15H22O3/c1-14(2)5-4-6-15(3)11-9(8-18-13(11)17)7-10(16)12(14)15/h10,12,16H,4-8H2,1-3H3/t10-,12+,15-/m1/s1. The first-order valence-corrected chi connectivity index (χ1v) is 6.94. The second-order valence-corrected chi connectivity index (χ2v) is 7.06. The number of fused-ring (bicyclic) bond motifs is 2. The van der Waals surface area contributed by atoms with Gasteiger partial charge in [-0.05, 0) is 36.2 Å². The first-order valence-electron chi connectivity index (χ1n) is 6.94. The molecule has 0 unspecified atom stereocenters. The summed E-state index contributed by atoms with van der Waals surface area (Å²) in [5.74, 6) is 0.0326. The number of aliphatic hydroxyl groups is 1. The molecule has 1 aliphatic heterocycles. The summed E-state index contributed by atoms with van der Waals surface area (Å²) in [6.45, 7) is 7.01. The molecular weight excluding hydrogens is 228 g/mol. The van der Waals surface area contributed by atoms with Crippen LogP contribution in [0.4, 0.5) is 0 Å². The van der Waals surface area contributed by atoms with Crippen molar-refractivity contribution in [3.8, 4) is 0 Å². The van der Waals surface area contributed by atoms with Crippen molar-refractivity contribution in [2.45, 2.75) is 52.6 Å². The Kier molecular flexibility index (Phi) is 2.44. The number of hydrogen-bond donors (Lipinski definition) is 1. The van der Waals surface area contributed by atoms with Crippen molar-refractivity contribution < 1.29 is 14.6 Å². The van der Waals surface area contributed by atoms with E-state index in [9.17, 15) is 9.90 Å². The number of ether oxygens (including phenoxy) is 1. The number of hydrogen-bond acceptors (Lipinski definition) is 3. The Morgan fingerprint density at radius 1 is 1.28 bits per heavy atom. The highest BCUT2D eigenvalue weighted by Gasteiger charge is 2.57. The highest BCUT2D eigenvalue weighted by Crippen LogP contribution is 2.60. The van der Waals surface area contributed by atoms with Gasteiger partial charge < -0.3 is 9.84 Å². The van der Waals surface area contributed by atoms with Crippen LogP contribution >= 0.6 is 0 Å². The second-order valence-electron chi connectivity index (χ2n) is 7.06. The van der Waals surface area contributed by atoms with Gasteiger partial charge in [0.2, 0.25) is 0 Å². The van der Waals surface area contributed by atoms with Crippen LogP contribution in [0.25, 0.3) is 0 Å². The minimum Gasteiger partial charge on any atom is -0.458 e. The van der Waals surface area contributed by atoms with Gasteiger partial charge in [0.25, 0.3) is 0 Å². The van der Waals surface area contributed by atoms with Crippen LogP contribution < -0.4 is 0 Å². The van der Waals surface area contributed by atoms with Gasteiger partial charge in [0.1, 0.15) is 6.61 Å². The molecule has 0 saturated heterocycles. The van der Waals surface area contributed by atoms with E-state index in [4.69, 9.17) is 4.74 Å². The Hall–Kier alpha value is -0.830. The minimum atomic E-state index is -0.335. The Balaban J connectivity index is 2.13. The highest BCUT2D eigenvalue weighted by molar-refractivity contribution is 5.93. The largest absolute Gasteiger partial charge is 0.458 e. The SMILES string of the molecule is CC1(C)CCC[C@]2(C)C3=C(COC3=O)C[C@@H](O)[C@@H]12. The van der Waals surface area contributed by atoms with Crippen LogP contribution in [0.15, 0.2) is 11.1 Å². The van der Waals surface area contributed by atoms with E-state index in [0.29, 0.717) is 13.0 Å². The monoisotopic (exact) mass is 250 g/mol. The Morgan fingerprint density at radius 2 is 2.00 bits per heavy atom. The van der Waals surface area contributed by atoms with E-state index in [2.05, 4.69) is 20.8 Å². The normalized spacial score (nSPS) is 42.3. The molecule has 0 aromatic heterocycles. The van der Waals surface area contributed by atoms with Gasteiger partial charge in [-0.3, -0.25) is 0 Å². The lowest BCUT2D eigenvalue weighted by Gasteiger charge is -2.55. The van der Waals surface area contributed by atoms with E-state index in [1.807, 2.05) is 0 Å². The number of carbonyl (C=O) groups excluding carboxylic acids is 1. The molecule has 0 bridgehead atoms. The van der Waals surface area contributed by atoms with Crippen LogP contribution in [0.5, 0.6) is 0 Å². The number of rotatable bonds is 0. The van der Waals surface area contributed by atoms with E-state index in [-0.39, 0.29) is 28.8 Å². The van der Waals surface area contributed by atoms with Crippen molar-refractivity contribution in [1.82, 2.24) is 0 Å². The summed E-state index contributed by atoms with van der Waals surface area (Å²) in [4.78, 5) is 12.0. The van der Waals surface area contributed by atoms with Gasteiger partial charge in [-0.1, -0.05) is 27.2 Å². The summed E-state index contributed by atoms with van der Waals surface area (Å²) in [6.07, 6.45) is 3.52. The maximum Gasteiger partial charge on any atom is 0.334 e. The minimum absolute atomic E-state index is 0.0911. The summed E-state index contributed by atoms with van der Waals surface area (Å²) >= 11 is 0. The zero-order valence-corrected chi connectivity index (χ0v) is 11.5. The maximum absolute atomic E-state index is 12.0. The molecule has 3 atom stereocenters. The molecule has 100 valence electrons. The molecule has 3 nitrogen and oxygen atoms in total. The van der Waals surface area contributed by atoms with Crippen LogP contribution in [0.2, 0.25) is 0 Å². The van der Waals surface area contributed by atoms with Gasteiger partial charge in [0, 0.05) is 11.0 Å². The summed E-state index contributed by atoms with van der Waals surface area (Å²) in [5, 5.41) is 10.5. The summed E-state index contributed by atoms with van der Waals surface area (Å²) in [5.41, 5.74) is 1.84. The molecule has 1 N–H and O–H groups in total. The molecule has 3 aliphatic rings. The third kappa shape index (κ3) is 1.43. The van der Waals surface area contributed by atoms with Crippen molar-refractivity contribution in [3.05, 3.63) is 11.1 Å². The fourth-order valence-electron chi connectivity index (χ4n) is 4.92. The predicted octanol–water partition coefficient (Wildman–Crippen LogP) is 2.44. The van der Waals surface area contributed by atoms with E-state index < -0.39 is 0 Å². The first kappa shape index (κ1) is 12.2. The van der Waals surface area contributed by atoms with Gasteiger partial charge in [-0.15, -0.1) is 0 Å². The predicted molar refractivity (Wildman–Crippen MR) is 67.8 cm³/mol. The van der Waals surface area contributed by atoms with Gasteiger partial charge >= 0.3 is 5.97 Å². The van der Waals surface area contributed by atoms with Crippen LogP contribution in [-0.4, -0.2) is 23.8 Å². The van der Waals surface area contributed by atoms with Gasteiger partial charge in [0.05, 0.1) is 6.10 Å². The number of cyclic esters (lactones) is 1. The molecule has 0 amide bonds. The van der Waals surface area contributed by atoms with E-state index in [1.165, 1.54) is 0 Å². The third-order valence-corrected chi connectivity index (χ3v) is 5.39.